The van der Waals surface area contributed by atoms with Crippen molar-refractivity contribution in [3.63, 3.8) is 0 Å². The van der Waals surface area contributed by atoms with Gasteiger partial charge in [0.25, 0.3) is 0 Å². The van der Waals surface area contributed by atoms with Gasteiger partial charge in [-0.1, -0.05) is 13.8 Å². The molecule has 2 N–H and O–H groups in total. The third-order valence-corrected chi connectivity index (χ3v) is 5.18. The lowest BCUT2D eigenvalue weighted by atomic mass is 10.1. The summed E-state index contributed by atoms with van der Waals surface area (Å²) in [7, 11) is 0. The van der Waals surface area contributed by atoms with Crippen LogP contribution in [0.2, 0.25) is 0 Å². The van der Waals surface area contributed by atoms with Crippen molar-refractivity contribution >= 4 is 28.6 Å². The summed E-state index contributed by atoms with van der Waals surface area (Å²) >= 11 is 3.49. The van der Waals surface area contributed by atoms with E-state index >= 15 is 0 Å². The zero-order chi connectivity index (χ0) is 15.8. The number of rotatable bonds is 7. The lowest BCUT2D eigenvalue weighted by Gasteiger charge is -2.15. The van der Waals surface area contributed by atoms with Gasteiger partial charge in [0.05, 0.1) is 6.54 Å². The molecule has 0 aromatic carbocycles. The van der Waals surface area contributed by atoms with Crippen molar-refractivity contribution in [2.75, 3.05) is 13.1 Å². The van der Waals surface area contributed by atoms with Gasteiger partial charge in [0.1, 0.15) is 5.01 Å². The fourth-order valence-electron chi connectivity index (χ4n) is 2.00. The van der Waals surface area contributed by atoms with Gasteiger partial charge in [-0.25, -0.2) is 9.98 Å². The Labute approximate surface area is 140 Å². The number of aromatic nitrogens is 1. The van der Waals surface area contributed by atoms with Gasteiger partial charge in [0, 0.05) is 24.2 Å². The molecule has 0 bridgehead atoms. The molecule has 0 radical (unpaired) electrons. The standard InChI is InChI=1S/C16H24N4S2/c1-4-14-9-18-15(22-14)10-20-16(17-5-2)19-8-12(3)13-6-7-21-11-13/h6-7,9,11-12H,4-5,8,10H2,1-3H3,(H2,17,19,20). The second-order valence-corrected chi connectivity index (χ2v) is 7.09. The first kappa shape index (κ1) is 17.0. The van der Waals surface area contributed by atoms with E-state index in [0.717, 1.165) is 30.5 Å². The maximum absolute atomic E-state index is 4.63. The van der Waals surface area contributed by atoms with Crippen LogP contribution in [0.5, 0.6) is 0 Å². The Morgan fingerprint density at radius 2 is 2.23 bits per heavy atom. The lowest BCUT2D eigenvalue weighted by Crippen LogP contribution is -2.39. The molecule has 2 heterocycles. The highest BCUT2D eigenvalue weighted by atomic mass is 32.1. The van der Waals surface area contributed by atoms with E-state index in [-0.39, 0.29) is 0 Å². The molecule has 0 saturated carbocycles. The van der Waals surface area contributed by atoms with Crippen molar-refractivity contribution in [1.82, 2.24) is 15.6 Å². The summed E-state index contributed by atoms with van der Waals surface area (Å²) in [4.78, 5) is 10.4. The van der Waals surface area contributed by atoms with E-state index in [1.807, 2.05) is 6.20 Å². The third kappa shape index (κ3) is 5.10. The maximum atomic E-state index is 4.63. The van der Waals surface area contributed by atoms with E-state index in [2.05, 4.69) is 58.2 Å². The van der Waals surface area contributed by atoms with E-state index in [1.54, 1.807) is 22.7 Å². The van der Waals surface area contributed by atoms with Crippen molar-refractivity contribution in [3.05, 3.63) is 38.5 Å². The summed E-state index contributed by atoms with van der Waals surface area (Å²) in [6.45, 7) is 8.83. The molecule has 0 spiro atoms. The summed E-state index contributed by atoms with van der Waals surface area (Å²) in [6.07, 6.45) is 2.99. The predicted molar refractivity (Wildman–Crippen MR) is 97.0 cm³/mol. The highest BCUT2D eigenvalue weighted by molar-refractivity contribution is 7.11. The Morgan fingerprint density at radius 3 is 2.86 bits per heavy atom. The topological polar surface area (TPSA) is 49.3 Å². The zero-order valence-electron chi connectivity index (χ0n) is 13.4. The van der Waals surface area contributed by atoms with Crippen molar-refractivity contribution in [2.24, 2.45) is 4.99 Å². The molecule has 0 aliphatic carbocycles. The van der Waals surface area contributed by atoms with Crippen molar-refractivity contribution < 1.29 is 0 Å². The average molecular weight is 337 g/mol. The van der Waals surface area contributed by atoms with Gasteiger partial charge >= 0.3 is 0 Å². The number of guanidine groups is 1. The van der Waals surface area contributed by atoms with E-state index in [1.165, 1.54) is 10.4 Å². The van der Waals surface area contributed by atoms with Crippen LogP contribution in [0.1, 0.15) is 42.1 Å². The van der Waals surface area contributed by atoms with E-state index in [9.17, 15) is 0 Å². The van der Waals surface area contributed by atoms with Gasteiger partial charge in [-0.15, -0.1) is 11.3 Å². The molecule has 0 saturated heterocycles. The number of thiophene rings is 1. The van der Waals surface area contributed by atoms with E-state index < -0.39 is 0 Å². The molecule has 6 heteroatoms. The van der Waals surface area contributed by atoms with Crippen LogP contribution in [0.15, 0.2) is 28.0 Å². The number of aliphatic imine (C=N–C) groups is 1. The number of nitrogens with zero attached hydrogens (tertiary/aromatic N) is 2. The SMILES string of the molecule is CCNC(=NCc1ncc(CC)s1)NCC(C)c1ccsc1. The highest BCUT2D eigenvalue weighted by Gasteiger charge is 2.07. The average Bonchev–Trinajstić information content (AvgIpc) is 3.20. The van der Waals surface area contributed by atoms with Crippen molar-refractivity contribution in [2.45, 2.75) is 39.7 Å². The molecular weight excluding hydrogens is 312 g/mol. The maximum Gasteiger partial charge on any atom is 0.191 e. The molecular formula is C16H24N4S2. The molecule has 2 aromatic heterocycles. The van der Waals surface area contributed by atoms with Crippen LogP contribution in [0.3, 0.4) is 0 Å². The van der Waals surface area contributed by atoms with Crippen LogP contribution in [0.25, 0.3) is 0 Å². The molecule has 22 heavy (non-hydrogen) atoms. The van der Waals surface area contributed by atoms with Crippen LogP contribution in [0, 0.1) is 0 Å². The monoisotopic (exact) mass is 336 g/mol. The first-order valence-electron chi connectivity index (χ1n) is 7.70. The second-order valence-electron chi connectivity index (χ2n) is 5.11. The summed E-state index contributed by atoms with van der Waals surface area (Å²) < 4.78 is 0. The minimum atomic E-state index is 0.474. The number of hydrogen-bond donors (Lipinski definition) is 2. The van der Waals surface area contributed by atoms with E-state index in [0.29, 0.717) is 12.5 Å². The molecule has 2 rings (SSSR count). The normalized spacial score (nSPS) is 13.1. The number of thiazole rings is 1. The quantitative estimate of drug-likeness (QED) is 0.600. The van der Waals surface area contributed by atoms with Gasteiger partial charge in [-0.3, -0.25) is 0 Å². The highest BCUT2D eigenvalue weighted by Crippen LogP contribution is 2.17. The first-order chi connectivity index (χ1) is 10.7. The summed E-state index contributed by atoms with van der Waals surface area (Å²) in [5.41, 5.74) is 1.38. The number of hydrogen-bond acceptors (Lipinski definition) is 4. The number of nitrogens with one attached hydrogen (secondary N) is 2. The van der Waals surface area contributed by atoms with Gasteiger partial charge in [0.15, 0.2) is 5.96 Å². The molecule has 120 valence electrons. The second kappa shape index (κ2) is 8.90. The Balaban J connectivity index is 1.89. The molecule has 0 aliphatic rings. The molecule has 0 fully saturated rings. The van der Waals surface area contributed by atoms with E-state index in [4.69, 9.17) is 0 Å². The van der Waals surface area contributed by atoms with Crippen molar-refractivity contribution in [3.8, 4) is 0 Å². The predicted octanol–water partition coefficient (Wildman–Crippen LogP) is 3.63. The van der Waals surface area contributed by atoms with Crippen LogP contribution in [-0.2, 0) is 13.0 Å². The Hall–Kier alpha value is -1.40. The fraction of sp³-hybridized carbons (Fsp3) is 0.500. The van der Waals surface area contributed by atoms with Gasteiger partial charge in [-0.2, -0.15) is 11.3 Å². The number of aryl methyl sites for hydroxylation is 1. The Kier molecular flexibility index (Phi) is 6.86. The Bertz CT molecular complexity index is 575. The fourth-order valence-corrected chi connectivity index (χ4v) is 3.57. The third-order valence-electron chi connectivity index (χ3n) is 3.35. The molecule has 4 nitrogen and oxygen atoms in total. The minimum absolute atomic E-state index is 0.474. The summed E-state index contributed by atoms with van der Waals surface area (Å²) in [5.74, 6) is 1.33. The van der Waals surface area contributed by atoms with Gasteiger partial charge < -0.3 is 10.6 Å². The van der Waals surface area contributed by atoms with Crippen LogP contribution >= 0.6 is 22.7 Å². The summed E-state index contributed by atoms with van der Waals surface area (Å²) in [5, 5.41) is 12.1. The zero-order valence-corrected chi connectivity index (χ0v) is 15.1. The molecule has 1 unspecified atom stereocenters. The molecule has 2 aromatic rings. The molecule has 1 atom stereocenters. The lowest BCUT2D eigenvalue weighted by molar-refractivity contribution is 0.701. The summed E-state index contributed by atoms with van der Waals surface area (Å²) in [6, 6.07) is 2.18. The molecule has 0 amide bonds. The van der Waals surface area contributed by atoms with Gasteiger partial charge in [0.2, 0.25) is 0 Å². The van der Waals surface area contributed by atoms with Crippen molar-refractivity contribution in [1.29, 1.82) is 0 Å². The van der Waals surface area contributed by atoms with Crippen LogP contribution in [-0.4, -0.2) is 24.0 Å². The minimum Gasteiger partial charge on any atom is -0.357 e. The smallest absolute Gasteiger partial charge is 0.191 e. The first-order valence-corrected chi connectivity index (χ1v) is 9.46. The van der Waals surface area contributed by atoms with Crippen LogP contribution < -0.4 is 10.6 Å². The van der Waals surface area contributed by atoms with Gasteiger partial charge in [-0.05, 0) is 41.7 Å². The largest absolute Gasteiger partial charge is 0.357 e. The van der Waals surface area contributed by atoms with Crippen LogP contribution in [0.4, 0.5) is 0 Å². The Morgan fingerprint density at radius 1 is 1.36 bits per heavy atom. The molecule has 0 aliphatic heterocycles.